The zero-order valence-corrected chi connectivity index (χ0v) is 12.3. The van der Waals surface area contributed by atoms with Crippen LogP contribution in [-0.4, -0.2) is 41.1 Å². The van der Waals surface area contributed by atoms with Gasteiger partial charge in [-0.15, -0.1) is 0 Å². The molecule has 0 bridgehead atoms. The lowest BCUT2D eigenvalue weighted by Crippen LogP contribution is -2.53. The van der Waals surface area contributed by atoms with Crippen molar-refractivity contribution in [2.45, 2.75) is 46.6 Å². The zero-order valence-electron chi connectivity index (χ0n) is 12.3. The molecule has 5 nitrogen and oxygen atoms in total. The first-order valence-corrected chi connectivity index (χ1v) is 7.10. The summed E-state index contributed by atoms with van der Waals surface area (Å²) in [5.74, 6) is 0.339. The van der Waals surface area contributed by atoms with E-state index in [1.165, 1.54) is 4.90 Å². The average molecular weight is 270 g/mol. The van der Waals surface area contributed by atoms with Gasteiger partial charge in [0.1, 0.15) is 6.04 Å². The monoisotopic (exact) mass is 270 g/mol. The highest BCUT2D eigenvalue weighted by atomic mass is 16.4. The van der Waals surface area contributed by atoms with Crippen LogP contribution >= 0.6 is 0 Å². The van der Waals surface area contributed by atoms with Crippen molar-refractivity contribution in [2.24, 2.45) is 17.8 Å². The minimum absolute atomic E-state index is 0.244. The van der Waals surface area contributed by atoms with Gasteiger partial charge in [0.15, 0.2) is 0 Å². The van der Waals surface area contributed by atoms with Gasteiger partial charge in [-0.2, -0.15) is 0 Å². The second-order valence-electron chi connectivity index (χ2n) is 6.08. The fourth-order valence-electron chi connectivity index (χ4n) is 2.20. The molecule has 1 aliphatic heterocycles. The van der Waals surface area contributed by atoms with Gasteiger partial charge >= 0.3 is 12.0 Å². The topological polar surface area (TPSA) is 69.6 Å². The Morgan fingerprint density at radius 3 is 2.53 bits per heavy atom. The molecule has 0 spiro atoms. The van der Waals surface area contributed by atoms with E-state index in [4.69, 9.17) is 0 Å². The number of piperidine rings is 1. The molecule has 2 amide bonds. The Morgan fingerprint density at radius 1 is 1.37 bits per heavy atom. The highest BCUT2D eigenvalue weighted by molar-refractivity contribution is 5.82. The minimum atomic E-state index is -0.904. The van der Waals surface area contributed by atoms with Crippen molar-refractivity contribution in [1.29, 1.82) is 0 Å². The Bertz CT molecular complexity index is 331. The Hall–Kier alpha value is -1.26. The molecular formula is C14H26N2O3. The summed E-state index contributed by atoms with van der Waals surface area (Å²) in [6, 6.07) is -0.926. The maximum absolute atomic E-state index is 12.1. The molecule has 0 aromatic heterocycles. The molecule has 5 heteroatoms. The normalized spacial score (nSPS) is 25.2. The fourth-order valence-corrected chi connectivity index (χ4v) is 2.20. The maximum Gasteiger partial charge on any atom is 0.326 e. The van der Waals surface area contributed by atoms with Crippen molar-refractivity contribution in [3.63, 3.8) is 0 Å². The van der Waals surface area contributed by atoms with Crippen molar-refractivity contribution in [3.05, 3.63) is 0 Å². The van der Waals surface area contributed by atoms with Crippen LogP contribution in [0.4, 0.5) is 4.79 Å². The summed E-state index contributed by atoms with van der Waals surface area (Å²) in [5, 5.41) is 12.1. The van der Waals surface area contributed by atoms with E-state index in [1.807, 2.05) is 6.92 Å². The Labute approximate surface area is 115 Å². The number of carbonyl (C=O) groups excluding carboxylic acids is 1. The lowest BCUT2D eigenvalue weighted by atomic mass is 9.92. The van der Waals surface area contributed by atoms with Crippen LogP contribution in [0.2, 0.25) is 0 Å². The summed E-state index contributed by atoms with van der Waals surface area (Å²) in [7, 11) is 0. The number of hydrogen-bond donors (Lipinski definition) is 2. The molecule has 0 saturated carbocycles. The number of rotatable bonds is 4. The van der Waals surface area contributed by atoms with Crippen molar-refractivity contribution < 1.29 is 14.7 Å². The first kappa shape index (κ1) is 15.8. The number of amides is 2. The van der Waals surface area contributed by atoms with Gasteiger partial charge in [-0.1, -0.05) is 27.7 Å². The molecule has 0 aromatic rings. The number of carbonyl (C=O) groups is 2. The third kappa shape index (κ3) is 4.40. The van der Waals surface area contributed by atoms with Gasteiger partial charge in [0.05, 0.1) is 0 Å². The van der Waals surface area contributed by atoms with E-state index in [2.05, 4.69) is 26.1 Å². The third-order valence-corrected chi connectivity index (χ3v) is 4.12. The molecule has 2 N–H and O–H groups in total. The molecule has 3 unspecified atom stereocenters. The summed E-state index contributed by atoms with van der Waals surface area (Å²) in [4.78, 5) is 24.8. The number of hydrogen-bond acceptors (Lipinski definition) is 2. The molecule has 0 aromatic carbocycles. The lowest BCUT2D eigenvalue weighted by molar-refractivity contribution is -0.143. The number of likely N-dealkylation sites (tertiary alicyclic amines) is 1. The predicted octanol–water partition coefficient (Wildman–Crippen LogP) is 2.17. The van der Waals surface area contributed by atoms with E-state index in [9.17, 15) is 14.7 Å². The Morgan fingerprint density at radius 2 is 2.00 bits per heavy atom. The number of carboxylic acids is 1. The molecule has 1 saturated heterocycles. The van der Waals surface area contributed by atoms with Crippen molar-refractivity contribution >= 4 is 12.0 Å². The van der Waals surface area contributed by atoms with E-state index in [0.717, 1.165) is 6.42 Å². The van der Waals surface area contributed by atoms with Gasteiger partial charge in [0, 0.05) is 13.1 Å². The van der Waals surface area contributed by atoms with Crippen molar-refractivity contribution in [3.8, 4) is 0 Å². The van der Waals surface area contributed by atoms with Crippen LogP contribution in [-0.2, 0) is 4.79 Å². The summed E-state index contributed by atoms with van der Waals surface area (Å²) < 4.78 is 0. The van der Waals surface area contributed by atoms with Crippen LogP contribution in [0.3, 0.4) is 0 Å². The van der Waals surface area contributed by atoms with Crippen molar-refractivity contribution in [1.82, 2.24) is 10.2 Å². The second kappa shape index (κ2) is 6.78. The molecule has 0 radical (unpaired) electrons. The van der Waals surface area contributed by atoms with Gasteiger partial charge in [-0.3, -0.25) is 0 Å². The van der Waals surface area contributed by atoms with Gasteiger partial charge < -0.3 is 15.3 Å². The molecule has 1 fully saturated rings. The SMILES string of the molecule is CC1CCN(C(=O)NCC(C)C(C)C)C(C(=O)O)C1. The Kier molecular flexibility index (Phi) is 5.63. The summed E-state index contributed by atoms with van der Waals surface area (Å²) in [6.07, 6.45) is 1.42. The molecule has 1 aliphatic rings. The van der Waals surface area contributed by atoms with Gasteiger partial charge in [0.25, 0.3) is 0 Å². The van der Waals surface area contributed by atoms with Gasteiger partial charge in [0.2, 0.25) is 0 Å². The number of nitrogens with zero attached hydrogens (tertiary/aromatic N) is 1. The molecule has 19 heavy (non-hydrogen) atoms. The number of aliphatic carboxylic acids is 1. The predicted molar refractivity (Wildman–Crippen MR) is 73.9 cm³/mol. The van der Waals surface area contributed by atoms with Crippen LogP contribution in [0.1, 0.15) is 40.5 Å². The first-order chi connectivity index (χ1) is 8.82. The molecular weight excluding hydrogens is 244 g/mol. The zero-order chi connectivity index (χ0) is 14.6. The van der Waals surface area contributed by atoms with Crippen LogP contribution in [0.15, 0.2) is 0 Å². The van der Waals surface area contributed by atoms with Crippen molar-refractivity contribution in [2.75, 3.05) is 13.1 Å². The van der Waals surface area contributed by atoms with Gasteiger partial charge in [-0.05, 0) is 30.6 Å². The van der Waals surface area contributed by atoms with Crippen LogP contribution in [0.5, 0.6) is 0 Å². The van der Waals surface area contributed by atoms with Gasteiger partial charge in [-0.25, -0.2) is 9.59 Å². The average Bonchev–Trinajstić information content (AvgIpc) is 2.35. The summed E-state index contributed by atoms with van der Waals surface area (Å²) in [5.41, 5.74) is 0. The van der Waals surface area contributed by atoms with E-state index >= 15 is 0 Å². The number of carboxylic acid groups (broad SMARTS) is 1. The van der Waals surface area contributed by atoms with Crippen LogP contribution < -0.4 is 5.32 Å². The van der Waals surface area contributed by atoms with E-state index in [0.29, 0.717) is 37.3 Å². The molecule has 110 valence electrons. The fraction of sp³-hybridized carbons (Fsp3) is 0.857. The maximum atomic E-state index is 12.1. The molecule has 3 atom stereocenters. The largest absolute Gasteiger partial charge is 0.480 e. The first-order valence-electron chi connectivity index (χ1n) is 7.10. The van der Waals surface area contributed by atoms with E-state index < -0.39 is 12.0 Å². The minimum Gasteiger partial charge on any atom is -0.480 e. The summed E-state index contributed by atoms with van der Waals surface area (Å²) in [6.45, 7) is 9.46. The number of nitrogens with one attached hydrogen (secondary N) is 1. The van der Waals surface area contributed by atoms with Crippen LogP contribution in [0.25, 0.3) is 0 Å². The van der Waals surface area contributed by atoms with Crippen LogP contribution in [0, 0.1) is 17.8 Å². The standard InChI is InChI=1S/C14H26N2O3/c1-9(2)11(4)8-15-14(19)16-6-5-10(3)7-12(16)13(17)18/h9-12H,5-8H2,1-4H3,(H,15,19)(H,17,18). The van der Waals surface area contributed by atoms with E-state index in [-0.39, 0.29) is 6.03 Å². The highest BCUT2D eigenvalue weighted by Gasteiger charge is 2.34. The highest BCUT2D eigenvalue weighted by Crippen LogP contribution is 2.22. The smallest absolute Gasteiger partial charge is 0.326 e. The number of urea groups is 1. The van der Waals surface area contributed by atoms with E-state index in [1.54, 1.807) is 0 Å². The molecule has 1 rings (SSSR count). The third-order valence-electron chi connectivity index (χ3n) is 4.12. The Balaban J connectivity index is 2.56. The molecule has 1 heterocycles. The lowest BCUT2D eigenvalue weighted by Gasteiger charge is -2.36. The molecule has 0 aliphatic carbocycles. The quantitative estimate of drug-likeness (QED) is 0.822. The summed E-state index contributed by atoms with van der Waals surface area (Å²) >= 11 is 0. The second-order valence-corrected chi connectivity index (χ2v) is 6.08.